The number of carboxylic acid groups (broad SMARTS) is 1. The molecule has 4 N–H and O–H groups in total. The maximum atomic E-state index is 11.8. The monoisotopic (exact) mass is 244 g/mol. The summed E-state index contributed by atoms with van der Waals surface area (Å²) < 4.78 is 4.74. The summed E-state index contributed by atoms with van der Waals surface area (Å²) >= 11 is 0. The summed E-state index contributed by atoms with van der Waals surface area (Å²) in [6.07, 6.45) is 1.82. The molecule has 0 radical (unpaired) electrons. The van der Waals surface area contributed by atoms with Crippen LogP contribution in [0.5, 0.6) is 0 Å². The number of carbonyl (C=O) groups is 2. The zero-order valence-electron chi connectivity index (χ0n) is 10.0. The summed E-state index contributed by atoms with van der Waals surface area (Å²) in [5.74, 6) is -1.04. The van der Waals surface area contributed by atoms with Gasteiger partial charge in [0, 0.05) is 13.0 Å². The van der Waals surface area contributed by atoms with Crippen molar-refractivity contribution in [2.24, 2.45) is 17.6 Å². The van der Waals surface area contributed by atoms with Gasteiger partial charge in [-0.3, -0.25) is 4.79 Å². The zero-order chi connectivity index (χ0) is 12.8. The van der Waals surface area contributed by atoms with E-state index < -0.39 is 12.1 Å². The Bertz CT molecular complexity index is 283. The van der Waals surface area contributed by atoms with Crippen LogP contribution >= 0.6 is 0 Å². The normalized spacial score (nSPS) is 25.5. The van der Waals surface area contributed by atoms with E-state index >= 15 is 0 Å². The Labute approximate surface area is 101 Å². The number of rotatable bonds is 6. The van der Waals surface area contributed by atoms with E-state index in [2.05, 4.69) is 5.32 Å². The quantitative estimate of drug-likeness (QED) is 0.589. The second-order valence-electron chi connectivity index (χ2n) is 4.34. The molecule has 6 heteroatoms. The molecule has 1 fully saturated rings. The summed E-state index contributed by atoms with van der Waals surface area (Å²) in [5.41, 5.74) is 5.59. The van der Waals surface area contributed by atoms with Gasteiger partial charge in [-0.25, -0.2) is 4.79 Å². The molecule has 0 bridgehead atoms. The molecule has 0 aromatic carbocycles. The van der Waals surface area contributed by atoms with Crippen molar-refractivity contribution in [3.05, 3.63) is 0 Å². The van der Waals surface area contributed by atoms with Gasteiger partial charge in [-0.05, 0) is 25.3 Å². The van der Waals surface area contributed by atoms with Crippen LogP contribution in [-0.2, 0) is 14.3 Å². The molecule has 3 atom stereocenters. The van der Waals surface area contributed by atoms with Crippen LogP contribution in [0.4, 0.5) is 0 Å². The number of carboxylic acids is 1. The minimum Gasteiger partial charge on any atom is -0.479 e. The molecule has 1 saturated carbocycles. The van der Waals surface area contributed by atoms with Gasteiger partial charge in [0.15, 0.2) is 6.10 Å². The molecule has 98 valence electrons. The molecule has 3 unspecified atom stereocenters. The Morgan fingerprint density at radius 2 is 2.24 bits per heavy atom. The summed E-state index contributed by atoms with van der Waals surface area (Å²) in [4.78, 5) is 22.5. The van der Waals surface area contributed by atoms with Crippen molar-refractivity contribution >= 4 is 11.9 Å². The molecule has 0 spiro atoms. The maximum Gasteiger partial charge on any atom is 0.334 e. The smallest absolute Gasteiger partial charge is 0.334 e. The Balaban J connectivity index is 2.41. The highest BCUT2D eigenvalue weighted by atomic mass is 16.5. The van der Waals surface area contributed by atoms with E-state index in [9.17, 15) is 9.59 Å². The van der Waals surface area contributed by atoms with E-state index in [0.717, 1.165) is 19.3 Å². The van der Waals surface area contributed by atoms with Crippen molar-refractivity contribution in [1.29, 1.82) is 0 Å². The van der Waals surface area contributed by atoms with Crippen molar-refractivity contribution in [2.45, 2.75) is 25.4 Å². The molecule has 0 aromatic rings. The molecule has 0 aromatic heterocycles. The summed E-state index contributed by atoms with van der Waals surface area (Å²) in [5, 5.41) is 11.4. The fraction of sp³-hybridized carbons (Fsp3) is 0.818. The number of amides is 1. The van der Waals surface area contributed by atoms with Crippen molar-refractivity contribution in [3.63, 3.8) is 0 Å². The van der Waals surface area contributed by atoms with E-state index in [1.165, 1.54) is 7.11 Å². The van der Waals surface area contributed by atoms with Gasteiger partial charge in [-0.15, -0.1) is 0 Å². The predicted molar refractivity (Wildman–Crippen MR) is 61.3 cm³/mol. The number of nitrogens with one attached hydrogen (secondary N) is 1. The largest absolute Gasteiger partial charge is 0.479 e. The highest BCUT2D eigenvalue weighted by Gasteiger charge is 2.32. The van der Waals surface area contributed by atoms with E-state index in [-0.39, 0.29) is 24.3 Å². The first-order valence-electron chi connectivity index (χ1n) is 5.83. The van der Waals surface area contributed by atoms with E-state index in [1.807, 2.05) is 0 Å². The van der Waals surface area contributed by atoms with Crippen LogP contribution in [0.15, 0.2) is 0 Å². The fourth-order valence-corrected chi connectivity index (χ4v) is 2.26. The Morgan fingerprint density at radius 3 is 2.76 bits per heavy atom. The molecule has 1 amide bonds. The van der Waals surface area contributed by atoms with Gasteiger partial charge < -0.3 is 20.9 Å². The average Bonchev–Trinajstić information content (AvgIpc) is 2.77. The van der Waals surface area contributed by atoms with Gasteiger partial charge >= 0.3 is 5.97 Å². The molecule has 0 heterocycles. The average molecular weight is 244 g/mol. The molecular formula is C11H20N2O4. The first-order valence-corrected chi connectivity index (χ1v) is 5.83. The lowest BCUT2D eigenvalue weighted by Crippen LogP contribution is -2.42. The Morgan fingerprint density at radius 1 is 1.53 bits per heavy atom. The lowest BCUT2D eigenvalue weighted by atomic mass is 9.95. The van der Waals surface area contributed by atoms with Crippen LogP contribution in [0.3, 0.4) is 0 Å². The SMILES string of the molecule is COC(CNC(=O)C1CCCC1CN)C(=O)O. The molecule has 0 aliphatic heterocycles. The zero-order valence-corrected chi connectivity index (χ0v) is 10.0. The molecule has 0 saturated heterocycles. The van der Waals surface area contributed by atoms with Crippen LogP contribution in [0.1, 0.15) is 19.3 Å². The van der Waals surface area contributed by atoms with Gasteiger partial charge in [-0.2, -0.15) is 0 Å². The maximum absolute atomic E-state index is 11.8. The number of nitrogens with two attached hydrogens (primary N) is 1. The number of hydrogen-bond donors (Lipinski definition) is 3. The number of carbonyl (C=O) groups excluding carboxylic acids is 1. The number of aliphatic carboxylic acids is 1. The number of methoxy groups -OCH3 is 1. The lowest BCUT2D eigenvalue weighted by molar-refractivity contribution is -0.148. The van der Waals surface area contributed by atoms with Gasteiger partial charge in [-0.1, -0.05) is 6.42 Å². The van der Waals surface area contributed by atoms with Gasteiger partial charge in [0.2, 0.25) is 5.91 Å². The van der Waals surface area contributed by atoms with Crippen molar-refractivity contribution in [3.8, 4) is 0 Å². The number of hydrogen-bond acceptors (Lipinski definition) is 4. The second kappa shape index (κ2) is 6.56. The predicted octanol–water partition coefficient (Wildman–Crippen LogP) is -0.423. The molecular weight excluding hydrogens is 224 g/mol. The minimum absolute atomic E-state index is 0.00153. The van der Waals surface area contributed by atoms with E-state index in [4.69, 9.17) is 15.6 Å². The van der Waals surface area contributed by atoms with Crippen LogP contribution in [-0.4, -0.2) is 43.3 Å². The topological polar surface area (TPSA) is 102 Å². The summed E-state index contributed by atoms with van der Waals surface area (Å²) in [7, 11) is 1.31. The summed E-state index contributed by atoms with van der Waals surface area (Å²) in [6, 6.07) is 0. The first kappa shape index (κ1) is 13.9. The van der Waals surface area contributed by atoms with Crippen molar-refractivity contribution < 1.29 is 19.4 Å². The van der Waals surface area contributed by atoms with E-state index in [0.29, 0.717) is 6.54 Å². The van der Waals surface area contributed by atoms with E-state index in [1.54, 1.807) is 0 Å². The third-order valence-corrected chi connectivity index (χ3v) is 3.32. The fourth-order valence-electron chi connectivity index (χ4n) is 2.26. The van der Waals surface area contributed by atoms with Crippen LogP contribution in [0.2, 0.25) is 0 Å². The highest BCUT2D eigenvalue weighted by Crippen LogP contribution is 2.30. The number of ether oxygens (including phenoxy) is 1. The first-order chi connectivity index (χ1) is 8.10. The van der Waals surface area contributed by atoms with Gasteiger partial charge in [0.25, 0.3) is 0 Å². The second-order valence-corrected chi connectivity index (χ2v) is 4.34. The third-order valence-electron chi connectivity index (χ3n) is 3.32. The molecule has 1 aliphatic carbocycles. The molecule has 1 rings (SSSR count). The lowest BCUT2D eigenvalue weighted by Gasteiger charge is -2.18. The van der Waals surface area contributed by atoms with Crippen molar-refractivity contribution in [2.75, 3.05) is 20.2 Å². The van der Waals surface area contributed by atoms with Crippen molar-refractivity contribution in [1.82, 2.24) is 5.32 Å². The van der Waals surface area contributed by atoms with Crippen LogP contribution in [0, 0.1) is 11.8 Å². The Kier molecular flexibility index (Phi) is 5.37. The molecule has 6 nitrogen and oxygen atoms in total. The molecule has 17 heavy (non-hydrogen) atoms. The standard InChI is InChI=1S/C11H20N2O4/c1-17-9(11(15)16)6-13-10(14)8-4-2-3-7(8)5-12/h7-9H,2-6,12H2,1H3,(H,13,14)(H,15,16). The Hall–Kier alpha value is -1.14. The van der Waals surface area contributed by atoms with Gasteiger partial charge in [0.05, 0.1) is 6.54 Å². The highest BCUT2D eigenvalue weighted by molar-refractivity contribution is 5.80. The minimum atomic E-state index is -1.07. The third kappa shape index (κ3) is 3.67. The van der Waals surface area contributed by atoms with Gasteiger partial charge in [0.1, 0.15) is 0 Å². The van der Waals surface area contributed by atoms with Crippen LogP contribution in [0.25, 0.3) is 0 Å². The van der Waals surface area contributed by atoms with Crippen LogP contribution < -0.4 is 11.1 Å². The summed E-state index contributed by atoms with van der Waals surface area (Å²) in [6.45, 7) is 0.503. The molecule has 1 aliphatic rings.